The van der Waals surface area contributed by atoms with Crippen LogP contribution in [-0.2, 0) is 25.4 Å². The maximum atomic E-state index is 14.1. The molecule has 0 N–H and O–H groups in total. The van der Waals surface area contributed by atoms with Crippen LogP contribution in [0.3, 0.4) is 0 Å². The Morgan fingerprint density at radius 2 is 1.78 bits per heavy atom. The van der Waals surface area contributed by atoms with E-state index in [0.717, 1.165) is 37.7 Å². The van der Waals surface area contributed by atoms with Crippen molar-refractivity contribution in [1.82, 2.24) is 9.80 Å². The lowest BCUT2D eigenvalue weighted by Crippen LogP contribution is -2.54. The molecule has 1 fully saturated rings. The Bertz CT molecular complexity index is 1180. The minimum absolute atomic E-state index is 0.0610. The summed E-state index contributed by atoms with van der Waals surface area (Å²) in [5, 5.41) is 0. The summed E-state index contributed by atoms with van der Waals surface area (Å²) in [6.07, 6.45) is 5.62. The van der Waals surface area contributed by atoms with Crippen LogP contribution in [0, 0.1) is 17.7 Å². The van der Waals surface area contributed by atoms with Gasteiger partial charge < -0.3 is 24.0 Å². The Hall–Kier alpha value is -3.46. The number of hydrogen-bond acceptors (Lipinski definition) is 8. The van der Waals surface area contributed by atoms with Crippen molar-refractivity contribution in [3.63, 3.8) is 0 Å². The van der Waals surface area contributed by atoms with Crippen LogP contribution in [0.15, 0.2) is 59.6 Å². The first kappa shape index (κ1) is 30.5. The van der Waals surface area contributed by atoms with E-state index in [-0.39, 0.29) is 42.6 Å². The van der Waals surface area contributed by atoms with Crippen molar-refractivity contribution in [3.8, 4) is 0 Å². The van der Waals surface area contributed by atoms with Gasteiger partial charge in [0.25, 0.3) is 0 Å². The van der Waals surface area contributed by atoms with Gasteiger partial charge in [-0.25, -0.2) is 14.2 Å². The van der Waals surface area contributed by atoms with Gasteiger partial charge in [0.1, 0.15) is 5.82 Å². The Kier molecular flexibility index (Phi) is 10.4. The normalized spacial score (nSPS) is 24.7. The molecule has 1 heterocycles. The van der Waals surface area contributed by atoms with E-state index in [1.165, 1.54) is 25.8 Å². The van der Waals surface area contributed by atoms with Crippen LogP contribution in [0.2, 0.25) is 0 Å². The Balaban J connectivity index is 1.58. The van der Waals surface area contributed by atoms with E-state index in [1.807, 2.05) is 38.4 Å². The molecule has 2 aliphatic rings. The van der Waals surface area contributed by atoms with Crippen molar-refractivity contribution in [1.29, 1.82) is 0 Å². The summed E-state index contributed by atoms with van der Waals surface area (Å²) in [6.45, 7) is 0.687. The van der Waals surface area contributed by atoms with Gasteiger partial charge in [-0.05, 0) is 81.3 Å². The third-order valence-corrected chi connectivity index (χ3v) is 8.54. The van der Waals surface area contributed by atoms with Gasteiger partial charge >= 0.3 is 12.1 Å². The molecular weight excluding hydrogens is 525 g/mol. The van der Waals surface area contributed by atoms with Crippen molar-refractivity contribution in [2.45, 2.75) is 62.8 Å². The second-order valence-electron chi connectivity index (χ2n) is 11.3. The maximum Gasteiger partial charge on any atom is 0.510 e. The lowest BCUT2D eigenvalue weighted by atomic mass is 9.71. The van der Waals surface area contributed by atoms with Crippen LogP contribution < -0.4 is 0 Å². The van der Waals surface area contributed by atoms with Gasteiger partial charge in [0.05, 0.1) is 33.0 Å². The molecule has 222 valence electrons. The molecule has 3 atom stereocenters. The van der Waals surface area contributed by atoms with Crippen molar-refractivity contribution in [3.05, 3.63) is 71.5 Å². The van der Waals surface area contributed by atoms with E-state index in [0.29, 0.717) is 12.5 Å². The van der Waals surface area contributed by atoms with Gasteiger partial charge in [0.2, 0.25) is 5.72 Å². The molecule has 1 saturated carbocycles. The van der Waals surface area contributed by atoms with Crippen LogP contribution in [0.4, 0.5) is 9.18 Å². The molecule has 1 aliphatic heterocycles. The van der Waals surface area contributed by atoms with E-state index in [1.54, 1.807) is 18.5 Å². The van der Waals surface area contributed by atoms with Gasteiger partial charge in [0, 0.05) is 19.0 Å². The number of methoxy groups -OCH3 is 2. The lowest BCUT2D eigenvalue weighted by molar-refractivity contribution is -0.143. The predicted octanol–water partition coefficient (Wildman–Crippen LogP) is 5.62. The molecule has 2 aromatic carbocycles. The number of ether oxygens (including phenoxy) is 3. The molecule has 0 bridgehead atoms. The van der Waals surface area contributed by atoms with Crippen molar-refractivity contribution >= 4 is 18.5 Å². The summed E-state index contributed by atoms with van der Waals surface area (Å²) < 4.78 is 29.8. The summed E-state index contributed by atoms with van der Waals surface area (Å²) in [5.41, 5.74) is 0.917. The third-order valence-electron chi connectivity index (χ3n) is 8.54. The molecule has 41 heavy (non-hydrogen) atoms. The molecule has 2 aromatic rings. The zero-order valence-electron chi connectivity index (χ0n) is 24.5. The molecule has 1 aliphatic carbocycles. The largest absolute Gasteiger partial charge is 0.510 e. The number of nitrogens with zero attached hydrogens (tertiary/aromatic N) is 3. The smallest absolute Gasteiger partial charge is 0.469 e. The topological polar surface area (TPSA) is 80.7 Å². The summed E-state index contributed by atoms with van der Waals surface area (Å²) in [5.74, 6) is -0.117. The zero-order chi connectivity index (χ0) is 29.4. The highest BCUT2D eigenvalue weighted by Crippen LogP contribution is 2.46. The standard InChI is InChI=1S/C32H42FN3O5/c1-35(2)29(26-11-8-12-27(33)21-26)24-13-15-25(16-14-24)30-32(41-31(38)40-4,19-17-28(37)39-3)34-22-36(30)20-18-23-9-6-5-7-10-23/h5-12,21-22,24-25,29-30H,13-20H2,1-4H3. The van der Waals surface area contributed by atoms with E-state index in [4.69, 9.17) is 19.2 Å². The maximum absolute atomic E-state index is 14.1. The van der Waals surface area contributed by atoms with Crippen LogP contribution in [-0.4, -0.2) is 74.9 Å². The molecule has 9 heteroatoms. The number of hydrogen-bond donors (Lipinski definition) is 0. The number of esters is 1. The highest BCUT2D eigenvalue weighted by atomic mass is 19.1. The first-order chi connectivity index (χ1) is 19.8. The molecule has 0 aromatic heterocycles. The lowest BCUT2D eigenvalue weighted by Gasteiger charge is -2.45. The average molecular weight is 568 g/mol. The zero-order valence-corrected chi connectivity index (χ0v) is 24.5. The molecule has 4 rings (SSSR count). The SMILES string of the molecule is COC(=O)CCC1(OC(=O)OC)N=CN(CCc2ccccc2)C1C1CCC(C(c2cccc(F)c2)N(C)C)CC1. The highest BCUT2D eigenvalue weighted by Gasteiger charge is 2.53. The van der Waals surface area contributed by atoms with Crippen LogP contribution in [0.5, 0.6) is 0 Å². The first-order valence-electron chi connectivity index (χ1n) is 14.4. The number of rotatable bonds is 11. The minimum Gasteiger partial charge on any atom is -0.469 e. The predicted molar refractivity (Wildman–Crippen MR) is 155 cm³/mol. The number of aliphatic imine (C=N–C) groups is 1. The quantitative estimate of drug-likeness (QED) is 0.326. The van der Waals surface area contributed by atoms with Crippen molar-refractivity contribution in [2.75, 3.05) is 34.9 Å². The average Bonchev–Trinajstić information content (AvgIpc) is 3.33. The van der Waals surface area contributed by atoms with E-state index in [9.17, 15) is 14.0 Å². The molecule has 3 unspecified atom stereocenters. The van der Waals surface area contributed by atoms with Gasteiger partial charge in [-0.2, -0.15) is 0 Å². The summed E-state index contributed by atoms with van der Waals surface area (Å²) >= 11 is 0. The Morgan fingerprint density at radius 3 is 2.41 bits per heavy atom. The second-order valence-corrected chi connectivity index (χ2v) is 11.3. The van der Waals surface area contributed by atoms with Gasteiger partial charge in [-0.15, -0.1) is 0 Å². The fourth-order valence-corrected chi connectivity index (χ4v) is 6.70. The van der Waals surface area contributed by atoms with Crippen LogP contribution >= 0.6 is 0 Å². The molecule has 0 radical (unpaired) electrons. The van der Waals surface area contributed by atoms with E-state index >= 15 is 0 Å². The Labute approximate surface area is 242 Å². The molecule has 0 amide bonds. The van der Waals surface area contributed by atoms with Crippen LogP contribution in [0.1, 0.15) is 55.7 Å². The van der Waals surface area contributed by atoms with Crippen molar-refractivity contribution in [2.24, 2.45) is 16.8 Å². The fourth-order valence-electron chi connectivity index (χ4n) is 6.70. The summed E-state index contributed by atoms with van der Waals surface area (Å²) in [6, 6.07) is 16.9. The monoisotopic (exact) mass is 567 g/mol. The van der Waals surface area contributed by atoms with Gasteiger partial charge in [-0.1, -0.05) is 42.5 Å². The summed E-state index contributed by atoms with van der Waals surface area (Å²) in [4.78, 5) is 33.8. The number of carbonyl (C=O) groups excluding carboxylic acids is 2. The molecule has 0 spiro atoms. The molecule has 0 saturated heterocycles. The second kappa shape index (κ2) is 13.9. The summed E-state index contributed by atoms with van der Waals surface area (Å²) in [7, 11) is 6.70. The van der Waals surface area contributed by atoms with Gasteiger partial charge in [0.15, 0.2) is 0 Å². The Morgan fingerprint density at radius 1 is 1.05 bits per heavy atom. The molecule has 8 nitrogen and oxygen atoms in total. The molecular formula is C32H42FN3O5. The fraction of sp³-hybridized carbons (Fsp3) is 0.531. The van der Waals surface area contributed by atoms with Crippen LogP contribution in [0.25, 0.3) is 0 Å². The number of carbonyl (C=O) groups is 2. The third kappa shape index (κ3) is 7.44. The number of benzene rings is 2. The first-order valence-corrected chi connectivity index (χ1v) is 14.4. The van der Waals surface area contributed by atoms with Crippen molar-refractivity contribution < 1.29 is 28.2 Å². The minimum atomic E-state index is -1.26. The number of halogens is 1. The van der Waals surface area contributed by atoms with E-state index < -0.39 is 11.9 Å². The van der Waals surface area contributed by atoms with E-state index in [2.05, 4.69) is 21.9 Å². The van der Waals surface area contributed by atoms with Gasteiger partial charge in [-0.3, -0.25) is 4.79 Å². The highest BCUT2D eigenvalue weighted by molar-refractivity contribution is 5.70.